The maximum Gasteiger partial charge on any atom is 0.0750 e. The zero-order valence-electron chi connectivity index (χ0n) is 9.32. The Morgan fingerprint density at radius 3 is 1.92 bits per heavy atom. The largest absolute Gasteiger partial charge is 0.374 e. The summed E-state index contributed by atoms with van der Waals surface area (Å²) in [5, 5.41) is 3.12. The van der Waals surface area contributed by atoms with Gasteiger partial charge in [-0.1, -0.05) is 20.8 Å². The van der Waals surface area contributed by atoms with Gasteiger partial charge in [-0.15, -0.1) is 0 Å². The molecule has 0 spiro atoms. The topological polar surface area (TPSA) is 21.3 Å². The second-order valence-electron chi connectivity index (χ2n) is 5.14. The van der Waals surface area contributed by atoms with E-state index < -0.39 is 0 Å². The van der Waals surface area contributed by atoms with Crippen LogP contribution in [0.4, 0.5) is 0 Å². The van der Waals surface area contributed by atoms with E-state index in [0.717, 1.165) is 13.2 Å². The first-order valence-electron chi connectivity index (χ1n) is 4.55. The van der Waals surface area contributed by atoms with Crippen molar-refractivity contribution in [1.29, 1.82) is 0 Å². The van der Waals surface area contributed by atoms with E-state index in [-0.39, 0.29) is 11.0 Å². The minimum Gasteiger partial charge on any atom is -0.374 e. The van der Waals surface area contributed by atoms with Crippen molar-refractivity contribution >= 4 is 0 Å². The first kappa shape index (κ1) is 11.9. The quantitative estimate of drug-likeness (QED) is 0.702. The Bertz CT molecular complexity index is 124. The molecule has 0 saturated carbocycles. The molecule has 2 nitrogen and oxygen atoms in total. The molecule has 0 saturated heterocycles. The molecule has 74 valence electrons. The molecule has 12 heavy (non-hydrogen) atoms. The second kappa shape index (κ2) is 4.24. The van der Waals surface area contributed by atoms with Crippen molar-refractivity contribution in [1.82, 2.24) is 5.32 Å². The summed E-state index contributed by atoms with van der Waals surface area (Å²) in [5.41, 5.74) is 0.201. The van der Waals surface area contributed by atoms with Gasteiger partial charge in [-0.25, -0.2) is 0 Å². The molecule has 0 aromatic rings. The molecule has 0 rings (SSSR count). The molecule has 1 N–H and O–H groups in total. The van der Waals surface area contributed by atoms with Crippen molar-refractivity contribution < 1.29 is 4.74 Å². The molecule has 0 aromatic carbocycles. The van der Waals surface area contributed by atoms with E-state index in [1.165, 1.54) is 0 Å². The van der Waals surface area contributed by atoms with Gasteiger partial charge in [-0.3, -0.25) is 0 Å². The highest BCUT2D eigenvalue weighted by atomic mass is 16.5. The molecule has 0 aliphatic rings. The molecule has 0 bridgehead atoms. The average molecular weight is 173 g/mol. The number of ether oxygens (including phenoxy) is 1. The number of likely N-dealkylation sites (N-methyl/N-ethyl adjacent to an activating group) is 1. The lowest BCUT2D eigenvalue weighted by atomic mass is 9.98. The maximum atomic E-state index is 5.77. The zero-order valence-corrected chi connectivity index (χ0v) is 9.32. The van der Waals surface area contributed by atoms with E-state index in [1.807, 2.05) is 7.05 Å². The van der Waals surface area contributed by atoms with E-state index in [4.69, 9.17) is 4.74 Å². The van der Waals surface area contributed by atoms with Crippen molar-refractivity contribution in [3.63, 3.8) is 0 Å². The van der Waals surface area contributed by atoms with Crippen molar-refractivity contribution in [2.75, 3.05) is 20.2 Å². The molecular weight excluding hydrogens is 150 g/mol. The fourth-order valence-corrected chi connectivity index (χ4v) is 0.889. The van der Waals surface area contributed by atoms with Gasteiger partial charge in [0.15, 0.2) is 0 Å². The van der Waals surface area contributed by atoms with Gasteiger partial charge in [0, 0.05) is 6.54 Å². The minimum atomic E-state index is -0.0535. The SMILES string of the molecule is CNCC(C)(C)OCC(C)(C)C. The predicted octanol–water partition coefficient (Wildman–Crippen LogP) is 2.05. The molecule has 0 amide bonds. The summed E-state index contributed by atoms with van der Waals surface area (Å²) in [6.45, 7) is 12.5. The van der Waals surface area contributed by atoms with E-state index in [1.54, 1.807) is 0 Å². The lowest BCUT2D eigenvalue weighted by molar-refractivity contribution is -0.0480. The Hall–Kier alpha value is -0.0800. The highest BCUT2D eigenvalue weighted by Gasteiger charge is 2.20. The molecule has 0 aliphatic carbocycles. The fraction of sp³-hybridized carbons (Fsp3) is 1.00. The smallest absolute Gasteiger partial charge is 0.0750 e. The van der Waals surface area contributed by atoms with Gasteiger partial charge >= 0.3 is 0 Å². The van der Waals surface area contributed by atoms with E-state index >= 15 is 0 Å². The van der Waals surface area contributed by atoms with Gasteiger partial charge < -0.3 is 10.1 Å². The van der Waals surface area contributed by atoms with Gasteiger partial charge in [-0.05, 0) is 26.3 Å². The van der Waals surface area contributed by atoms with Gasteiger partial charge in [0.2, 0.25) is 0 Å². The van der Waals surface area contributed by atoms with Crippen LogP contribution in [0.2, 0.25) is 0 Å². The van der Waals surface area contributed by atoms with Crippen LogP contribution in [0, 0.1) is 5.41 Å². The standard InChI is InChI=1S/C10H23NO/c1-9(2,3)8-12-10(4,5)7-11-6/h11H,7-8H2,1-6H3. The van der Waals surface area contributed by atoms with Crippen LogP contribution in [-0.2, 0) is 4.74 Å². The van der Waals surface area contributed by atoms with Gasteiger partial charge in [0.1, 0.15) is 0 Å². The second-order valence-corrected chi connectivity index (χ2v) is 5.14. The molecule has 0 atom stereocenters. The summed E-state index contributed by atoms with van der Waals surface area (Å²) in [6, 6.07) is 0. The van der Waals surface area contributed by atoms with Crippen LogP contribution >= 0.6 is 0 Å². The highest BCUT2D eigenvalue weighted by Crippen LogP contribution is 2.17. The normalized spacial score (nSPS) is 13.5. The molecule has 0 heterocycles. The van der Waals surface area contributed by atoms with Gasteiger partial charge in [-0.2, -0.15) is 0 Å². The number of hydrogen-bond donors (Lipinski definition) is 1. The third-order valence-electron chi connectivity index (χ3n) is 1.50. The average Bonchev–Trinajstić information content (AvgIpc) is 1.83. The summed E-state index contributed by atoms with van der Waals surface area (Å²) in [5.74, 6) is 0. The van der Waals surface area contributed by atoms with Crippen LogP contribution < -0.4 is 5.32 Å². The Kier molecular flexibility index (Phi) is 4.21. The Morgan fingerprint density at radius 1 is 1.08 bits per heavy atom. The van der Waals surface area contributed by atoms with Gasteiger partial charge in [0.25, 0.3) is 0 Å². The van der Waals surface area contributed by atoms with Crippen molar-refractivity contribution in [2.24, 2.45) is 5.41 Å². The number of rotatable bonds is 4. The molecule has 0 aromatic heterocycles. The predicted molar refractivity (Wildman–Crippen MR) is 53.4 cm³/mol. The summed E-state index contributed by atoms with van der Waals surface area (Å²) < 4.78 is 5.77. The fourth-order valence-electron chi connectivity index (χ4n) is 0.889. The lowest BCUT2D eigenvalue weighted by Gasteiger charge is -2.29. The minimum absolute atomic E-state index is 0.0535. The van der Waals surface area contributed by atoms with Crippen molar-refractivity contribution in [2.45, 2.75) is 40.2 Å². The van der Waals surface area contributed by atoms with Crippen LogP contribution in [0.3, 0.4) is 0 Å². The molecular formula is C10H23NO. The van der Waals surface area contributed by atoms with Crippen LogP contribution in [0.1, 0.15) is 34.6 Å². The number of nitrogens with one attached hydrogen (secondary N) is 1. The van der Waals surface area contributed by atoms with Crippen LogP contribution in [0.25, 0.3) is 0 Å². The van der Waals surface area contributed by atoms with Crippen molar-refractivity contribution in [3.8, 4) is 0 Å². The summed E-state index contributed by atoms with van der Waals surface area (Å²) in [7, 11) is 1.95. The lowest BCUT2D eigenvalue weighted by Crippen LogP contribution is -2.38. The Balaban J connectivity index is 3.75. The molecule has 2 heteroatoms. The molecule has 0 radical (unpaired) electrons. The molecule has 0 aliphatic heterocycles. The van der Waals surface area contributed by atoms with E-state index in [9.17, 15) is 0 Å². The van der Waals surface area contributed by atoms with Crippen LogP contribution in [-0.4, -0.2) is 25.8 Å². The summed E-state index contributed by atoms with van der Waals surface area (Å²) in [4.78, 5) is 0. The highest BCUT2D eigenvalue weighted by molar-refractivity contribution is 4.72. The van der Waals surface area contributed by atoms with E-state index in [2.05, 4.69) is 39.9 Å². The first-order valence-corrected chi connectivity index (χ1v) is 4.55. The zero-order chi connectivity index (χ0) is 9.83. The Labute approximate surface area is 76.7 Å². The van der Waals surface area contributed by atoms with Gasteiger partial charge in [0.05, 0.1) is 12.2 Å². The van der Waals surface area contributed by atoms with Crippen LogP contribution in [0.15, 0.2) is 0 Å². The summed E-state index contributed by atoms with van der Waals surface area (Å²) in [6.07, 6.45) is 0. The molecule has 0 fully saturated rings. The molecule has 0 unspecified atom stereocenters. The van der Waals surface area contributed by atoms with Crippen molar-refractivity contribution in [3.05, 3.63) is 0 Å². The monoisotopic (exact) mass is 173 g/mol. The summed E-state index contributed by atoms with van der Waals surface area (Å²) >= 11 is 0. The third kappa shape index (κ3) is 6.62. The maximum absolute atomic E-state index is 5.77. The van der Waals surface area contributed by atoms with E-state index in [0.29, 0.717) is 0 Å². The van der Waals surface area contributed by atoms with Crippen LogP contribution in [0.5, 0.6) is 0 Å². The first-order chi connectivity index (χ1) is 5.27. The number of hydrogen-bond acceptors (Lipinski definition) is 2. The Morgan fingerprint density at radius 2 is 1.58 bits per heavy atom. The third-order valence-corrected chi connectivity index (χ3v) is 1.50.